The van der Waals surface area contributed by atoms with Crippen molar-refractivity contribution in [2.75, 3.05) is 0 Å². The highest BCUT2D eigenvalue weighted by molar-refractivity contribution is 5.93. The molecule has 0 fully saturated rings. The van der Waals surface area contributed by atoms with Crippen LogP contribution in [0.4, 0.5) is 0 Å². The number of rotatable bonds is 8. The van der Waals surface area contributed by atoms with Crippen molar-refractivity contribution in [2.24, 2.45) is 5.73 Å². The molecule has 0 aromatic rings. The summed E-state index contributed by atoms with van der Waals surface area (Å²) >= 11 is 0. The topological polar surface area (TPSA) is 179 Å². The fourth-order valence-corrected chi connectivity index (χ4v) is 1.33. The van der Waals surface area contributed by atoms with Gasteiger partial charge in [-0.2, -0.15) is 0 Å². The maximum Gasteiger partial charge on any atom is 0.326 e. The van der Waals surface area contributed by atoms with Crippen LogP contribution in [0.2, 0.25) is 0 Å². The second kappa shape index (κ2) is 8.17. The van der Waals surface area contributed by atoms with Gasteiger partial charge >= 0.3 is 11.9 Å². The van der Waals surface area contributed by atoms with Gasteiger partial charge in [-0.05, 0) is 13.8 Å². The van der Waals surface area contributed by atoms with Crippen molar-refractivity contribution in [3.05, 3.63) is 0 Å². The van der Waals surface area contributed by atoms with E-state index >= 15 is 0 Å². The highest BCUT2D eigenvalue weighted by Gasteiger charge is 2.31. The molecule has 0 rings (SSSR count). The van der Waals surface area contributed by atoms with E-state index < -0.39 is 54.4 Å². The van der Waals surface area contributed by atoms with Crippen molar-refractivity contribution < 1.29 is 34.5 Å². The summed E-state index contributed by atoms with van der Waals surface area (Å²) in [5.41, 5.74) is 5.30. The molecule has 21 heavy (non-hydrogen) atoms. The zero-order valence-corrected chi connectivity index (χ0v) is 11.6. The predicted molar refractivity (Wildman–Crippen MR) is 69.1 cm³/mol. The Kier molecular flexibility index (Phi) is 7.31. The van der Waals surface area contributed by atoms with Crippen LogP contribution in [0.3, 0.4) is 0 Å². The molecular formula is C11H19N3O7. The summed E-state index contributed by atoms with van der Waals surface area (Å²) in [5, 5.41) is 30.9. The molecule has 0 aliphatic heterocycles. The van der Waals surface area contributed by atoms with Crippen molar-refractivity contribution in [1.82, 2.24) is 10.6 Å². The molecule has 4 atom stereocenters. The molecular weight excluding hydrogens is 286 g/mol. The van der Waals surface area contributed by atoms with Crippen LogP contribution in [-0.2, 0) is 19.2 Å². The van der Waals surface area contributed by atoms with E-state index in [1.165, 1.54) is 13.8 Å². The molecule has 120 valence electrons. The summed E-state index contributed by atoms with van der Waals surface area (Å²) in [4.78, 5) is 44.6. The summed E-state index contributed by atoms with van der Waals surface area (Å²) in [5.74, 6) is -4.71. The van der Waals surface area contributed by atoms with Gasteiger partial charge in [-0.1, -0.05) is 0 Å². The first-order valence-corrected chi connectivity index (χ1v) is 6.05. The van der Waals surface area contributed by atoms with Crippen LogP contribution in [0.5, 0.6) is 0 Å². The highest BCUT2D eigenvalue weighted by Crippen LogP contribution is 1.99. The summed E-state index contributed by atoms with van der Waals surface area (Å²) in [6.45, 7) is 2.56. The lowest BCUT2D eigenvalue weighted by Crippen LogP contribution is -2.58. The van der Waals surface area contributed by atoms with Crippen molar-refractivity contribution >= 4 is 23.8 Å². The van der Waals surface area contributed by atoms with Gasteiger partial charge in [0.2, 0.25) is 11.8 Å². The van der Waals surface area contributed by atoms with Crippen molar-refractivity contribution in [1.29, 1.82) is 0 Å². The Balaban J connectivity index is 4.92. The number of hydrogen-bond donors (Lipinski definition) is 6. The average molecular weight is 305 g/mol. The number of aliphatic carboxylic acids is 2. The van der Waals surface area contributed by atoms with Crippen LogP contribution in [0.15, 0.2) is 0 Å². The van der Waals surface area contributed by atoms with Gasteiger partial charge < -0.3 is 31.7 Å². The van der Waals surface area contributed by atoms with Gasteiger partial charge in [-0.15, -0.1) is 0 Å². The van der Waals surface area contributed by atoms with Crippen LogP contribution >= 0.6 is 0 Å². The molecule has 10 heteroatoms. The molecule has 10 nitrogen and oxygen atoms in total. The Morgan fingerprint density at radius 2 is 1.57 bits per heavy atom. The van der Waals surface area contributed by atoms with E-state index in [9.17, 15) is 24.3 Å². The smallest absolute Gasteiger partial charge is 0.326 e. The van der Waals surface area contributed by atoms with E-state index in [0.29, 0.717) is 0 Å². The molecule has 0 aromatic heterocycles. The quantitative estimate of drug-likeness (QED) is 0.279. The lowest BCUT2D eigenvalue weighted by Gasteiger charge is -2.23. The Morgan fingerprint density at radius 3 is 1.90 bits per heavy atom. The zero-order valence-electron chi connectivity index (χ0n) is 11.6. The molecule has 0 aromatic carbocycles. The average Bonchev–Trinajstić information content (AvgIpc) is 2.33. The number of amides is 2. The molecule has 0 bridgehead atoms. The molecule has 0 aliphatic rings. The number of aliphatic hydroxyl groups is 1. The highest BCUT2D eigenvalue weighted by atomic mass is 16.4. The summed E-state index contributed by atoms with van der Waals surface area (Å²) < 4.78 is 0. The maximum absolute atomic E-state index is 11.9. The molecule has 0 spiro atoms. The third kappa shape index (κ3) is 6.68. The monoisotopic (exact) mass is 305 g/mol. The van der Waals surface area contributed by atoms with E-state index in [0.717, 1.165) is 0 Å². The van der Waals surface area contributed by atoms with Gasteiger partial charge in [0.05, 0.1) is 18.6 Å². The summed E-state index contributed by atoms with van der Waals surface area (Å²) in [7, 11) is 0. The minimum absolute atomic E-state index is 0.721. The van der Waals surface area contributed by atoms with Crippen LogP contribution in [0, 0.1) is 0 Å². The minimum atomic E-state index is -1.68. The normalized spacial score (nSPS) is 16.2. The lowest BCUT2D eigenvalue weighted by molar-refractivity contribution is -0.147. The van der Waals surface area contributed by atoms with E-state index in [-0.39, 0.29) is 0 Å². The summed E-state index contributed by atoms with van der Waals surface area (Å²) in [6, 6.07) is -4.06. The predicted octanol–water partition coefficient (Wildman–Crippen LogP) is -2.76. The Morgan fingerprint density at radius 1 is 1.05 bits per heavy atom. The zero-order chi connectivity index (χ0) is 16.7. The summed E-state index contributed by atoms with van der Waals surface area (Å²) in [6.07, 6.45) is -2.17. The van der Waals surface area contributed by atoms with Gasteiger partial charge in [0.25, 0.3) is 0 Å². The molecule has 0 saturated heterocycles. The number of hydrogen-bond acceptors (Lipinski definition) is 6. The fraction of sp³-hybridized carbons (Fsp3) is 0.636. The molecule has 0 radical (unpaired) electrons. The fourth-order valence-electron chi connectivity index (χ4n) is 1.33. The second-order valence-corrected chi connectivity index (χ2v) is 4.51. The standard InChI is InChI=1S/C11H19N3O7/c1-4(12)9(18)14-8(5(2)15)10(19)13-6(11(20)21)3-7(16)17/h4-6,8,15H,3,12H2,1-2H3,(H,13,19)(H,14,18)(H,16,17)(H,20,21). The van der Waals surface area contributed by atoms with Crippen molar-refractivity contribution in [3.63, 3.8) is 0 Å². The Hall–Kier alpha value is -2.20. The van der Waals surface area contributed by atoms with Crippen LogP contribution in [0.25, 0.3) is 0 Å². The van der Waals surface area contributed by atoms with Crippen LogP contribution in [-0.4, -0.2) is 63.3 Å². The number of nitrogens with two attached hydrogens (primary N) is 1. The second-order valence-electron chi connectivity index (χ2n) is 4.51. The van der Waals surface area contributed by atoms with E-state index in [4.69, 9.17) is 15.9 Å². The lowest BCUT2D eigenvalue weighted by atomic mass is 10.1. The van der Waals surface area contributed by atoms with Gasteiger partial charge in [0.15, 0.2) is 0 Å². The SMILES string of the molecule is CC(N)C(=O)NC(C(=O)NC(CC(=O)O)C(=O)O)C(C)O. The maximum atomic E-state index is 11.9. The first-order valence-electron chi connectivity index (χ1n) is 6.05. The molecule has 7 N–H and O–H groups in total. The third-order valence-corrected chi connectivity index (χ3v) is 2.47. The third-order valence-electron chi connectivity index (χ3n) is 2.47. The number of aliphatic hydroxyl groups excluding tert-OH is 1. The molecule has 2 amide bonds. The first-order chi connectivity index (χ1) is 9.56. The molecule has 4 unspecified atom stereocenters. The van der Waals surface area contributed by atoms with Crippen LogP contribution < -0.4 is 16.4 Å². The van der Waals surface area contributed by atoms with Gasteiger partial charge in [0.1, 0.15) is 12.1 Å². The minimum Gasteiger partial charge on any atom is -0.481 e. The molecule has 0 saturated carbocycles. The Bertz CT molecular complexity index is 422. The van der Waals surface area contributed by atoms with Crippen molar-refractivity contribution in [3.8, 4) is 0 Å². The van der Waals surface area contributed by atoms with E-state index in [2.05, 4.69) is 5.32 Å². The van der Waals surface area contributed by atoms with E-state index in [1.807, 2.05) is 5.32 Å². The van der Waals surface area contributed by atoms with Gasteiger partial charge in [0, 0.05) is 0 Å². The number of carbonyl (C=O) groups is 4. The number of carbonyl (C=O) groups excluding carboxylic acids is 2. The van der Waals surface area contributed by atoms with Gasteiger partial charge in [-0.3, -0.25) is 14.4 Å². The van der Waals surface area contributed by atoms with Crippen molar-refractivity contribution in [2.45, 2.75) is 44.5 Å². The molecule has 0 heterocycles. The van der Waals surface area contributed by atoms with E-state index in [1.54, 1.807) is 0 Å². The first kappa shape index (κ1) is 18.8. The molecule has 0 aliphatic carbocycles. The largest absolute Gasteiger partial charge is 0.481 e. The number of carboxylic acids is 2. The van der Waals surface area contributed by atoms with Gasteiger partial charge in [-0.25, -0.2) is 4.79 Å². The number of nitrogens with one attached hydrogen (secondary N) is 2. The Labute approximate surface area is 120 Å². The number of carboxylic acid groups (broad SMARTS) is 2. The van der Waals surface area contributed by atoms with Crippen LogP contribution in [0.1, 0.15) is 20.3 Å².